The van der Waals surface area contributed by atoms with Crippen LogP contribution in [0.2, 0.25) is 0 Å². The molecule has 0 aromatic heterocycles. The summed E-state index contributed by atoms with van der Waals surface area (Å²) < 4.78 is 26.3. The Morgan fingerprint density at radius 3 is 2.14 bits per heavy atom. The molecule has 152 valence electrons. The van der Waals surface area contributed by atoms with Gasteiger partial charge in [-0.05, 0) is 56.0 Å². The molecule has 0 bridgehead atoms. The van der Waals surface area contributed by atoms with Crippen LogP contribution >= 0.6 is 0 Å². The zero-order valence-electron chi connectivity index (χ0n) is 17.3. The van der Waals surface area contributed by atoms with Gasteiger partial charge >= 0.3 is 0 Å². The van der Waals surface area contributed by atoms with Crippen molar-refractivity contribution in [2.24, 2.45) is 0 Å². The number of rotatable bonds is 8. The Morgan fingerprint density at radius 1 is 1.07 bits per heavy atom. The van der Waals surface area contributed by atoms with Gasteiger partial charge in [0.2, 0.25) is 10.0 Å². The second-order valence-corrected chi connectivity index (χ2v) is 9.28. The van der Waals surface area contributed by atoms with Gasteiger partial charge in [0.05, 0.1) is 18.5 Å². The Morgan fingerprint density at radius 2 is 1.64 bits per heavy atom. The van der Waals surface area contributed by atoms with Crippen LogP contribution in [0.1, 0.15) is 53.7 Å². The molecule has 6 heteroatoms. The van der Waals surface area contributed by atoms with Crippen LogP contribution in [0.4, 0.5) is 5.69 Å². The standard InChI is InChI=1S/C22H30N2O3S/c1-6-8-18(4)23-22(25)20-13-11-19(12-14-20)15-24(28(5,26)27)21-16(2)9-7-10-17(21)3/h7,9-14,18H,6,8,15H2,1-5H3,(H,23,25)/t18-/m1/s1. The molecule has 0 unspecified atom stereocenters. The maximum absolute atomic E-state index is 12.5. The number of carbonyl (C=O) groups is 1. The van der Waals surface area contributed by atoms with Crippen LogP contribution in [0, 0.1) is 13.8 Å². The highest BCUT2D eigenvalue weighted by molar-refractivity contribution is 7.92. The van der Waals surface area contributed by atoms with Gasteiger partial charge in [-0.25, -0.2) is 8.42 Å². The number of sulfonamides is 1. The molecule has 0 aliphatic rings. The SMILES string of the molecule is CCC[C@@H](C)NC(=O)c1ccc(CN(c2c(C)cccc2C)S(C)(=O)=O)cc1. The molecule has 0 saturated carbocycles. The second kappa shape index (κ2) is 9.24. The minimum Gasteiger partial charge on any atom is -0.350 e. The number of para-hydroxylation sites is 1. The number of amides is 1. The van der Waals surface area contributed by atoms with Gasteiger partial charge < -0.3 is 5.32 Å². The Kier molecular flexibility index (Phi) is 7.24. The largest absolute Gasteiger partial charge is 0.350 e. The molecule has 0 heterocycles. The van der Waals surface area contributed by atoms with Crippen LogP contribution in [-0.2, 0) is 16.6 Å². The number of benzene rings is 2. The van der Waals surface area contributed by atoms with E-state index in [0.29, 0.717) is 11.3 Å². The molecule has 1 amide bonds. The third-order valence-corrected chi connectivity index (χ3v) is 5.84. The molecule has 0 saturated heterocycles. The van der Waals surface area contributed by atoms with Gasteiger partial charge in [-0.3, -0.25) is 9.10 Å². The lowest BCUT2D eigenvalue weighted by molar-refractivity contribution is 0.0938. The molecular formula is C22H30N2O3S. The predicted molar refractivity (Wildman–Crippen MR) is 115 cm³/mol. The number of hydrogen-bond donors (Lipinski definition) is 1. The maximum Gasteiger partial charge on any atom is 0.251 e. The van der Waals surface area contributed by atoms with Crippen LogP contribution in [-0.4, -0.2) is 26.6 Å². The highest BCUT2D eigenvalue weighted by atomic mass is 32.2. The average molecular weight is 403 g/mol. The number of nitrogens with one attached hydrogen (secondary N) is 1. The van der Waals surface area contributed by atoms with E-state index in [0.717, 1.165) is 29.5 Å². The smallest absolute Gasteiger partial charge is 0.251 e. The fourth-order valence-electron chi connectivity index (χ4n) is 3.30. The van der Waals surface area contributed by atoms with Crippen molar-refractivity contribution in [2.75, 3.05) is 10.6 Å². The van der Waals surface area contributed by atoms with Crippen molar-refractivity contribution < 1.29 is 13.2 Å². The van der Waals surface area contributed by atoms with Gasteiger partial charge in [0.15, 0.2) is 0 Å². The fraction of sp³-hybridized carbons (Fsp3) is 0.409. The number of nitrogens with zero attached hydrogens (tertiary/aromatic N) is 1. The third kappa shape index (κ3) is 5.58. The first-order valence-corrected chi connectivity index (χ1v) is 11.4. The summed E-state index contributed by atoms with van der Waals surface area (Å²) in [5.74, 6) is -0.109. The Balaban J connectivity index is 2.24. The van der Waals surface area contributed by atoms with Crippen molar-refractivity contribution in [2.45, 2.75) is 53.1 Å². The molecule has 2 aromatic rings. The summed E-state index contributed by atoms with van der Waals surface area (Å²) in [5, 5.41) is 2.98. The quantitative estimate of drug-likeness (QED) is 0.720. The van der Waals surface area contributed by atoms with Gasteiger partial charge in [0.25, 0.3) is 5.91 Å². The Labute approximate surface area is 168 Å². The van der Waals surface area contributed by atoms with E-state index < -0.39 is 10.0 Å². The fourth-order valence-corrected chi connectivity index (χ4v) is 4.30. The molecule has 0 aliphatic carbocycles. The van der Waals surface area contributed by atoms with Crippen LogP contribution in [0.25, 0.3) is 0 Å². The van der Waals surface area contributed by atoms with E-state index in [-0.39, 0.29) is 18.5 Å². The molecule has 0 aliphatic heterocycles. The summed E-state index contributed by atoms with van der Waals surface area (Å²) in [6.07, 6.45) is 3.17. The van der Waals surface area contributed by atoms with Crippen molar-refractivity contribution in [1.29, 1.82) is 0 Å². The number of hydrogen-bond acceptors (Lipinski definition) is 3. The van der Waals surface area contributed by atoms with Gasteiger partial charge in [0, 0.05) is 11.6 Å². The van der Waals surface area contributed by atoms with Crippen LogP contribution in [0.5, 0.6) is 0 Å². The molecular weight excluding hydrogens is 372 g/mol. The van der Waals surface area contributed by atoms with Gasteiger partial charge in [-0.2, -0.15) is 0 Å². The van der Waals surface area contributed by atoms with E-state index >= 15 is 0 Å². The van der Waals surface area contributed by atoms with E-state index in [9.17, 15) is 13.2 Å². The van der Waals surface area contributed by atoms with Crippen LogP contribution < -0.4 is 9.62 Å². The summed E-state index contributed by atoms with van der Waals surface area (Å²) in [6.45, 7) is 8.11. The van der Waals surface area contributed by atoms with Crippen molar-refractivity contribution in [1.82, 2.24) is 5.32 Å². The molecule has 0 fully saturated rings. The monoisotopic (exact) mass is 402 g/mol. The van der Waals surface area contributed by atoms with Gasteiger partial charge in [-0.15, -0.1) is 0 Å². The summed E-state index contributed by atoms with van der Waals surface area (Å²) >= 11 is 0. The number of anilines is 1. The third-order valence-electron chi connectivity index (χ3n) is 4.73. The molecule has 1 atom stereocenters. The lowest BCUT2D eigenvalue weighted by Crippen LogP contribution is -2.32. The minimum atomic E-state index is -3.46. The minimum absolute atomic E-state index is 0.109. The lowest BCUT2D eigenvalue weighted by Gasteiger charge is -2.26. The normalized spacial score (nSPS) is 12.5. The number of aryl methyl sites for hydroxylation is 2. The summed E-state index contributed by atoms with van der Waals surface area (Å²) in [4.78, 5) is 12.3. The first kappa shape index (κ1) is 22.0. The van der Waals surface area contributed by atoms with Crippen molar-refractivity contribution in [3.8, 4) is 0 Å². The summed E-state index contributed by atoms with van der Waals surface area (Å²) in [5.41, 5.74) is 3.92. The predicted octanol–water partition coefficient (Wildman–Crippen LogP) is 4.19. The van der Waals surface area contributed by atoms with E-state index in [1.807, 2.05) is 51.1 Å². The van der Waals surface area contributed by atoms with E-state index in [1.165, 1.54) is 10.6 Å². The topological polar surface area (TPSA) is 66.5 Å². The van der Waals surface area contributed by atoms with Crippen molar-refractivity contribution in [3.05, 3.63) is 64.7 Å². The molecule has 28 heavy (non-hydrogen) atoms. The summed E-state index contributed by atoms with van der Waals surface area (Å²) in [7, 11) is -3.46. The number of carbonyl (C=O) groups excluding carboxylic acids is 1. The maximum atomic E-state index is 12.5. The highest BCUT2D eigenvalue weighted by Gasteiger charge is 2.21. The van der Waals surface area contributed by atoms with Crippen LogP contribution in [0.15, 0.2) is 42.5 Å². The Bertz CT molecular complexity index is 901. The second-order valence-electron chi connectivity index (χ2n) is 7.37. The molecule has 2 aromatic carbocycles. The molecule has 2 rings (SSSR count). The van der Waals surface area contributed by atoms with Crippen molar-refractivity contribution >= 4 is 21.6 Å². The summed E-state index contributed by atoms with van der Waals surface area (Å²) in [6, 6.07) is 13.0. The lowest BCUT2D eigenvalue weighted by atomic mass is 10.1. The molecule has 0 radical (unpaired) electrons. The zero-order chi connectivity index (χ0) is 20.9. The van der Waals surface area contributed by atoms with Crippen molar-refractivity contribution in [3.63, 3.8) is 0 Å². The van der Waals surface area contributed by atoms with E-state index in [4.69, 9.17) is 0 Å². The molecule has 1 N–H and O–H groups in total. The van der Waals surface area contributed by atoms with Crippen LogP contribution in [0.3, 0.4) is 0 Å². The first-order chi connectivity index (χ1) is 13.1. The van der Waals surface area contributed by atoms with E-state index in [2.05, 4.69) is 12.2 Å². The average Bonchev–Trinajstić information content (AvgIpc) is 2.60. The van der Waals surface area contributed by atoms with Gasteiger partial charge in [-0.1, -0.05) is 43.7 Å². The van der Waals surface area contributed by atoms with Gasteiger partial charge in [0.1, 0.15) is 0 Å². The zero-order valence-corrected chi connectivity index (χ0v) is 18.1. The Hall–Kier alpha value is -2.34. The van der Waals surface area contributed by atoms with E-state index in [1.54, 1.807) is 12.1 Å². The first-order valence-electron chi connectivity index (χ1n) is 9.57. The molecule has 5 nitrogen and oxygen atoms in total. The highest BCUT2D eigenvalue weighted by Crippen LogP contribution is 2.28. The molecule has 0 spiro atoms.